The smallest absolute Gasteiger partial charge is 0.0412 e. The summed E-state index contributed by atoms with van der Waals surface area (Å²) in [5.41, 5.74) is 2.72. The lowest BCUT2D eigenvalue weighted by Gasteiger charge is -2.45. The normalized spacial score (nSPS) is 22.4. The van der Waals surface area contributed by atoms with Gasteiger partial charge in [0.15, 0.2) is 0 Å². The summed E-state index contributed by atoms with van der Waals surface area (Å²) in [7, 11) is 0. The highest BCUT2D eigenvalue weighted by Gasteiger charge is 2.29. The number of benzene rings is 1. The molecule has 0 radical (unpaired) electrons. The topological polar surface area (TPSA) is 18.5 Å². The highest BCUT2D eigenvalue weighted by atomic mass is 15.3. The van der Waals surface area contributed by atoms with E-state index in [1.54, 1.807) is 0 Å². The standard InChI is InChI=1S/C20H31N3.C2H6/c1-3-20-16-22(14-18-7-5-4-6-8-18)13-17(2)23(20)15-19-9-11-21-12-10-19;1-2/h4-8,19-21H,2-3,9-16H2,1H3;1-2H3. The van der Waals surface area contributed by atoms with Crippen molar-refractivity contribution in [3.05, 3.63) is 48.2 Å². The summed E-state index contributed by atoms with van der Waals surface area (Å²) in [6.45, 7) is 17.5. The lowest BCUT2D eigenvalue weighted by atomic mass is 9.95. The van der Waals surface area contributed by atoms with Crippen molar-refractivity contribution in [2.75, 3.05) is 32.7 Å². The van der Waals surface area contributed by atoms with E-state index in [2.05, 4.69) is 59.0 Å². The number of nitrogens with one attached hydrogen (secondary N) is 1. The van der Waals surface area contributed by atoms with E-state index >= 15 is 0 Å². The highest BCUT2D eigenvalue weighted by molar-refractivity contribution is 5.16. The van der Waals surface area contributed by atoms with Crippen LogP contribution in [0.4, 0.5) is 0 Å². The third-order valence-electron chi connectivity index (χ3n) is 5.36. The molecule has 0 aliphatic carbocycles. The van der Waals surface area contributed by atoms with E-state index in [-0.39, 0.29) is 0 Å². The van der Waals surface area contributed by atoms with Crippen LogP contribution in [0.25, 0.3) is 0 Å². The molecular formula is C22H37N3. The maximum atomic E-state index is 4.42. The van der Waals surface area contributed by atoms with Gasteiger partial charge in [-0.05, 0) is 43.8 Å². The van der Waals surface area contributed by atoms with Crippen molar-refractivity contribution in [2.24, 2.45) is 5.92 Å². The van der Waals surface area contributed by atoms with Crippen LogP contribution in [-0.4, -0.2) is 48.6 Å². The highest BCUT2D eigenvalue weighted by Crippen LogP contribution is 2.25. The van der Waals surface area contributed by atoms with Crippen LogP contribution in [0, 0.1) is 5.92 Å². The molecule has 3 nitrogen and oxygen atoms in total. The third kappa shape index (κ3) is 5.86. The lowest BCUT2D eigenvalue weighted by molar-refractivity contribution is 0.0904. The van der Waals surface area contributed by atoms with Crippen molar-refractivity contribution >= 4 is 0 Å². The zero-order chi connectivity index (χ0) is 18.1. The van der Waals surface area contributed by atoms with E-state index < -0.39 is 0 Å². The molecule has 1 unspecified atom stereocenters. The zero-order valence-corrected chi connectivity index (χ0v) is 16.5. The molecule has 0 amide bonds. The summed E-state index contributed by atoms with van der Waals surface area (Å²) in [4.78, 5) is 5.18. The fourth-order valence-corrected chi connectivity index (χ4v) is 4.00. The van der Waals surface area contributed by atoms with Crippen LogP contribution in [0.15, 0.2) is 42.6 Å². The maximum absolute atomic E-state index is 4.42. The first-order valence-corrected chi connectivity index (χ1v) is 10.2. The van der Waals surface area contributed by atoms with Crippen LogP contribution in [0.5, 0.6) is 0 Å². The molecular weight excluding hydrogens is 306 g/mol. The monoisotopic (exact) mass is 343 g/mol. The molecule has 1 aromatic rings. The van der Waals surface area contributed by atoms with Gasteiger partial charge in [-0.2, -0.15) is 0 Å². The molecule has 2 heterocycles. The predicted molar refractivity (Wildman–Crippen MR) is 109 cm³/mol. The third-order valence-corrected chi connectivity index (χ3v) is 5.36. The predicted octanol–water partition coefficient (Wildman–Crippen LogP) is 4.12. The summed E-state index contributed by atoms with van der Waals surface area (Å²) in [5, 5.41) is 3.47. The summed E-state index contributed by atoms with van der Waals surface area (Å²) in [5.74, 6) is 0.836. The van der Waals surface area contributed by atoms with Gasteiger partial charge in [0.1, 0.15) is 0 Å². The molecule has 2 fully saturated rings. The van der Waals surface area contributed by atoms with E-state index in [4.69, 9.17) is 0 Å². The Balaban J connectivity index is 0.00000109. The fraction of sp³-hybridized carbons (Fsp3) is 0.636. The summed E-state index contributed by atoms with van der Waals surface area (Å²) >= 11 is 0. The first kappa shape index (κ1) is 20.0. The van der Waals surface area contributed by atoms with Gasteiger partial charge in [-0.1, -0.05) is 57.7 Å². The fourth-order valence-electron chi connectivity index (χ4n) is 4.00. The van der Waals surface area contributed by atoms with Gasteiger partial charge in [0, 0.05) is 37.9 Å². The minimum Gasteiger partial charge on any atom is -0.370 e. The molecule has 0 saturated carbocycles. The van der Waals surface area contributed by atoms with Gasteiger partial charge in [-0.3, -0.25) is 4.90 Å². The van der Waals surface area contributed by atoms with Gasteiger partial charge >= 0.3 is 0 Å². The van der Waals surface area contributed by atoms with Crippen LogP contribution in [0.1, 0.15) is 45.6 Å². The molecule has 0 bridgehead atoms. The van der Waals surface area contributed by atoms with Crippen molar-refractivity contribution in [3.8, 4) is 0 Å². The molecule has 1 aromatic carbocycles. The van der Waals surface area contributed by atoms with Gasteiger partial charge in [-0.15, -0.1) is 0 Å². The molecule has 2 saturated heterocycles. The van der Waals surface area contributed by atoms with Crippen molar-refractivity contribution in [3.63, 3.8) is 0 Å². The molecule has 3 heteroatoms. The van der Waals surface area contributed by atoms with E-state index in [1.807, 2.05) is 13.8 Å². The van der Waals surface area contributed by atoms with Crippen LogP contribution in [0.3, 0.4) is 0 Å². The van der Waals surface area contributed by atoms with Crippen LogP contribution >= 0.6 is 0 Å². The molecule has 1 atom stereocenters. The van der Waals surface area contributed by atoms with Crippen molar-refractivity contribution < 1.29 is 0 Å². The second kappa shape index (κ2) is 10.6. The summed E-state index contributed by atoms with van der Waals surface area (Å²) < 4.78 is 0. The SMILES string of the molecule is C=C1CN(Cc2ccccc2)CC(CC)N1CC1CCNCC1.CC. The molecule has 2 aliphatic rings. The van der Waals surface area contributed by atoms with Crippen molar-refractivity contribution in [1.82, 2.24) is 15.1 Å². The number of nitrogens with zero attached hydrogens (tertiary/aromatic N) is 2. The van der Waals surface area contributed by atoms with E-state index in [0.29, 0.717) is 6.04 Å². The Bertz CT molecular complexity index is 493. The lowest BCUT2D eigenvalue weighted by Crippen LogP contribution is -2.52. The molecule has 25 heavy (non-hydrogen) atoms. The van der Waals surface area contributed by atoms with Crippen LogP contribution < -0.4 is 5.32 Å². The number of rotatable bonds is 5. The Kier molecular flexibility index (Phi) is 8.50. The first-order valence-electron chi connectivity index (χ1n) is 10.2. The molecule has 0 aromatic heterocycles. The van der Waals surface area contributed by atoms with E-state index in [1.165, 1.54) is 50.2 Å². The first-order chi connectivity index (χ1) is 12.3. The molecule has 2 aliphatic heterocycles. The summed E-state index contributed by atoms with van der Waals surface area (Å²) in [6, 6.07) is 11.4. The Labute approximate surface area is 155 Å². The second-order valence-corrected chi connectivity index (χ2v) is 7.13. The quantitative estimate of drug-likeness (QED) is 0.867. The Hall–Kier alpha value is -1.32. The number of hydrogen-bond acceptors (Lipinski definition) is 3. The average molecular weight is 344 g/mol. The number of hydrogen-bond donors (Lipinski definition) is 1. The minimum atomic E-state index is 0.620. The second-order valence-electron chi connectivity index (χ2n) is 7.13. The average Bonchev–Trinajstić information content (AvgIpc) is 2.67. The van der Waals surface area contributed by atoms with Crippen LogP contribution in [0.2, 0.25) is 0 Å². The largest absolute Gasteiger partial charge is 0.370 e. The molecule has 1 N–H and O–H groups in total. The van der Waals surface area contributed by atoms with Gasteiger partial charge in [-0.25, -0.2) is 0 Å². The number of piperidine rings is 1. The Morgan fingerprint density at radius 1 is 1.12 bits per heavy atom. The summed E-state index contributed by atoms with van der Waals surface area (Å²) in [6.07, 6.45) is 3.83. The molecule has 140 valence electrons. The van der Waals surface area contributed by atoms with Crippen LogP contribution in [-0.2, 0) is 6.54 Å². The Morgan fingerprint density at radius 3 is 2.44 bits per heavy atom. The Morgan fingerprint density at radius 2 is 1.80 bits per heavy atom. The minimum absolute atomic E-state index is 0.620. The van der Waals surface area contributed by atoms with Crippen molar-refractivity contribution in [1.29, 1.82) is 0 Å². The van der Waals surface area contributed by atoms with Crippen molar-refractivity contribution in [2.45, 2.75) is 52.6 Å². The van der Waals surface area contributed by atoms with Gasteiger partial charge in [0.05, 0.1) is 0 Å². The van der Waals surface area contributed by atoms with E-state index in [9.17, 15) is 0 Å². The van der Waals surface area contributed by atoms with E-state index in [0.717, 1.165) is 25.6 Å². The maximum Gasteiger partial charge on any atom is 0.0412 e. The van der Waals surface area contributed by atoms with Gasteiger partial charge < -0.3 is 10.2 Å². The van der Waals surface area contributed by atoms with Gasteiger partial charge in [0.2, 0.25) is 0 Å². The molecule has 0 spiro atoms. The van der Waals surface area contributed by atoms with Gasteiger partial charge in [0.25, 0.3) is 0 Å². The molecule has 3 rings (SSSR count). The number of piperazine rings is 1. The zero-order valence-electron chi connectivity index (χ0n) is 16.5.